The molecule has 0 aliphatic rings. The van der Waals surface area contributed by atoms with Crippen molar-refractivity contribution in [3.05, 3.63) is 11.1 Å². The van der Waals surface area contributed by atoms with Crippen LogP contribution in [0.2, 0.25) is 0 Å². The summed E-state index contributed by atoms with van der Waals surface area (Å²) >= 11 is 1.27. The fourth-order valence-corrected chi connectivity index (χ4v) is 2.33. The maximum absolute atomic E-state index is 11.8. The Kier molecular flexibility index (Phi) is 9.16. The molecule has 0 radical (unpaired) electrons. The molecule has 120 valence electrons. The highest BCUT2D eigenvalue weighted by Crippen LogP contribution is 2.17. The molecule has 8 heteroatoms. The number of carbonyl (C=O) groups excluding carboxylic acids is 2. The van der Waals surface area contributed by atoms with E-state index in [0.717, 1.165) is 0 Å². The van der Waals surface area contributed by atoms with E-state index < -0.39 is 6.04 Å². The lowest BCUT2D eigenvalue weighted by atomic mass is 10.0. The first-order chi connectivity index (χ1) is 9.42. The second-order valence-corrected chi connectivity index (χ2v) is 5.71. The molecule has 0 spiro atoms. The van der Waals surface area contributed by atoms with Gasteiger partial charge >= 0.3 is 5.97 Å². The summed E-state index contributed by atoms with van der Waals surface area (Å²) in [4.78, 5) is 27.3. The van der Waals surface area contributed by atoms with Crippen molar-refractivity contribution in [2.24, 2.45) is 11.7 Å². The van der Waals surface area contributed by atoms with Gasteiger partial charge in [-0.2, -0.15) is 0 Å². The molecule has 0 fully saturated rings. The van der Waals surface area contributed by atoms with Crippen molar-refractivity contribution in [1.82, 2.24) is 4.98 Å². The Morgan fingerprint density at radius 2 is 2.14 bits per heavy atom. The maximum Gasteiger partial charge on any atom is 0.311 e. The van der Waals surface area contributed by atoms with Gasteiger partial charge < -0.3 is 15.8 Å². The summed E-state index contributed by atoms with van der Waals surface area (Å²) in [5, 5.41) is 4.84. The highest BCUT2D eigenvalue weighted by molar-refractivity contribution is 7.13. The lowest BCUT2D eigenvalue weighted by molar-refractivity contribution is -0.142. The van der Waals surface area contributed by atoms with Crippen LogP contribution in [0.1, 0.15) is 32.9 Å². The summed E-state index contributed by atoms with van der Waals surface area (Å²) in [5.74, 6) is -0.227. The van der Waals surface area contributed by atoms with Gasteiger partial charge in [0.2, 0.25) is 5.91 Å². The topological polar surface area (TPSA) is 94.3 Å². The zero-order valence-electron chi connectivity index (χ0n) is 12.4. The summed E-state index contributed by atoms with van der Waals surface area (Å²) < 4.78 is 4.84. The van der Waals surface area contributed by atoms with Gasteiger partial charge in [0.15, 0.2) is 5.13 Å². The molecule has 1 amide bonds. The molecule has 0 unspecified atom stereocenters. The van der Waals surface area contributed by atoms with Gasteiger partial charge in [-0.15, -0.1) is 23.7 Å². The van der Waals surface area contributed by atoms with Gasteiger partial charge in [-0.05, 0) is 19.3 Å². The number of carbonyl (C=O) groups is 2. The van der Waals surface area contributed by atoms with Crippen LogP contribution in [-0.2, 0) is 20.7 Å². The van der Waals surface area contributed by atoms with Crippen molar-refractivity contribution in [2.45, 2.75) is 39.7 Å². The van der Waals surface area contributed by atoms with Gasteiger partial charge in [-0.3, -0.25) is 9.59 Å². The molecule has 1 atom stereocenters. The van der Waals surface area contributed by atoms with Crippen LogP contribution >= 0.6 is 23.7 Å². The number of ether oxygens (including phenoxy) is 1. The average molecular weight is 336 g/mol. The van der Waals surface area contributed by atoms with Gasteiger partial charge in [0, 0.05) is 5.38 Å². The number of nitrogens with one attached hydrogen (secondary N) is 1. The van der Waals surface area contributed by atoms with Gasteiger partial charge in [-0.25, -0.2) is 4.98 Å². The van der Waals surface area contributed by atoms with Crippen molar-refractivity contribution in [2.75, 3.05) is 11.9 Å². The van der Waals surface area contributed by atoms with Crippen LogP contribution in [0, 0.1) is 5.92 Å². The fourth-order valence-electron chi connectivity index (χ4n) is 1.62. The predicted octanol–water partition coefficient (Wildman–Crippen LogP) is 1.98. The third kappa shape index (κ3) is 7.40. The predicted molar refractivity (Wildman–Crippen MR) is 85.8 cm³/mol. The number of rotatable bonds is 7. The Morgan fingerprint density at radius 1 is 1.48 bits per heavy atom. The molecule has 6 nitrogen and oxygen atoms in total. The van der Waals surface area contributed by atoms with E-state index in [2.05, 4.69) is 10.3 Å². The number of esters is 1. The largest absolute Gasteiger partial charge is 0.466 e. The quantitative estimate of drug-likeness (QED) is 0.743. The first kappa shape index (κ1) is 19.8. The van der Waals surface area contributed by atoms with Gasteiger partial charge in [0.1, 0.15) is 0 Å². The molecular weight excluding hydrogens is 314 g/mol. The first-order valence-electron chi connectivity index (χ1n) is 6.58. The Bertz CT molecular complexity index is 465. The van der Waals surface area contributed by atoms with Crippen LogP contribution < -0.4 is 11.1 Å². The van der Waals surface area contributed by atoms with Crippen LogP contribution in [0.5, 0.6) is 0 Å². The standard InChI is InChI=1S/C13H21N3O3S.ClH/c1-4-19-11(17)6-9-7-20-13(15-9)16-12(18)10(14)5-8(2)3;/h7-8,10H,4-6,14H2,1-3H3,(H,15,16,18);1H/t10-;/m0./s1. The van der Waals surface area contributed by atoms with E-state index in [4.69, 9.17) is 10.5 Å². The molecule has 3 N–H and O–H groups in total. The van der Waals surface area contributed by atoms with Crippen molar-refractivity contribution < 1.29 is 14.3 Å². The SMILES string of the molecule is CCOC(=O)Cc1csc(NC(=O)[C@@H](N)CC(C)C)n1.Cl. The lowest BCUT2D eigenvalue weighted by Gasteiger charge is -2.12. The number of nitrogens with zero attached hydrogens (tertiary/aromatic N) is 1. The van der Waals surface area contributed by atoms with Crippen molar-refractivity contribution in [1.29, 1.82) is 0 Å². The molecule has 0 saturated heterocycles. The molecule has 21 heavy (non-hydrogen) atoms. The molecule has 0 aromatic carbocycles. The summed E-state index contributed by atoms with van der Waals surface area (Å²) in [5.41, 5.74) is 6.37. The average Bonchev–Trinajstić information content (AvgIpc) is 2.75. The number of aromatic nitrogens is 1. The number of hydrogen-bond donors (Lipinski definition) is 2. The minimum absolute atomic E-state index is 0. The van der Waals surface area contributed by atoms with Gasteiger partial charge in [0.25, 0.3) is 0 Å². The van der Waals surface area contributed by atoms with E-state index in [1.165, 1.54) is 11.3 Å². The van der Waals surface area contributed by atoms with E-state index >= 15 is 0 Å². The van der Waals surface area contributed by atoms with E-state index in [-0.39, 0.29) is 30.7 Å². The number of nitrogens with two attached hydrogens (primary N) is 1. The number of thiazole rings is 1. The van der Waals surface area contributed by atoms with E-state index in [9.17, 15) is 9.59 Å². The minimum Gasteiger partial charge on any atom is -0.466 e. The highest BCUT2D eigenvalue weighted by Gasteiger charge is 2.17. The monoisotopic (exact) mass is 335 g/mol. The second-order valence-electron chi connectivity index (χ2n) is 4.85. The van der Waals surface area contributed by atoms with Crippen LogP contribution in [0.15, 0.2) is 5.38 Å². The molecule has 0 saturated carbocycles. The molecule has 1 aromatic heterocycles. The van der Waals surface area contributed by atoms with Crippen molar-refractivity contribution in [3.63, 3.8) is 0 Å². The summed E-state index contributed by atoms with van der Waals surface area (Å²) in [6.45, 7) is 6.11. The third-order valence-corrected chi connectivity index (χ3v) is 3.28. The Labute approximate surface area is 134 Å². The van der Waals surface area contributed by atoms with Gasteiger partial charge in [0.05, 0.1) is 24.8 Å². The third-order valence-electron chi connectivity index (χ3n) is 2.47. The summed E-state index contributed by atoms with van der Waals surface area (Å²) in [6, 6.07) is -0.549. The Morgan fingerprint density at radius 3 is 2.71 bits per heavy atom. The van der Waals surface area contributed by atoms with E-state index in [0.29, 0.717) is 29.8 Å². The number of amides is 1. The lowest BCUT2D eigenvalue weighted by Crippen LogP contribution is -2.36. The molecule has 0 aliphatic heterocycles. The van der Waals surface area contributed by atoms with Crippen LogP contribution in [-0.4, -0.2) is 29.5 Å². The molecule has 0 bridgehead atoms. The maximum atomic E-state index is 11.8. The molecular formula is C13H22ClN3O3S. The highest BCUT2D eigenvalue weighted by atomic mass is 35.5. The smallest absolute Gasteiger partial charge is 0.311 e. The van der Waals surface area contributed by atoms with E-state index in [1.54, 1.807) is 12.3 Å². The van der Waals surface area contributed by atoms with Crippen LogP contribution in [0.3, 0.4) is 0 Å². The zero-order chi connectivity index (χ0) is 15.1. The van der Waals surface area contributed by atoms with Gasteiger partial charge in [-0.1, -0.05) is 13.8 Å². The van der Waals surface area contributed by atoms with Crippen LogP contribution in [0.4, 0.5) is 5.13 Å². The molecule has 1 rings (SSSR count). The minimum atomic E-state index is -0.549. The van der Waals surface area contributed by atoms with E-state index in [1.807, 2.05) is 13.8 Å². The number of hydrogen-bond acceptors (Lipinski definition) is 6. The Balaban J connectivity index is 0.00000400. The number of anilines is 1. The van der Waals surface area contributed by atoms with Crippen molar-refractivity contribution in [3.8, 4) is 0 Å². The number of halogens is 1. The fraction of sp³-hybridized carbons (Fsp3) is 0.615. The zero-order valence-corrected chi connectivity index (χ0v) is 14.1. The summed E-state index contributed by atoms with van der Waals surface area (Å²) in [7, 11) is 0. The Hall–Kier alpha value is -1.18. The van der Waals surface area contributed by atoms with Crippen LogP contribution in [0.25, 0.3) is 0 Å². The second kappa shape index (κ2) is 9.70. The normalized spacial score (nSPS) is 11.7. The van der Waals surface area contributed by atoms with Crippen molar-refractivity contribution >= 4 is 40.8 Å². The molecule has 0 aliphatic carbocycles. The molecule has 1 heterocycles. The molecule has 1 aromatic rings. The summed E-state index contributed by atoms with van der Waals surface area (Å²) in [6.07, 6.45) is 0.727. The first-order valence-corrected chi connectivity index (χ1v) is 7.46.